The Hall–Kier alpha value is -3.95. The molecule has 10 heteroatoms. The van der Waals surface area contributed by atoms with E-state index in [2.05, 4.69) is 10.2 Å². The number of nitrogens with zero attached hydrogens (tertiary/aromatic N) is 4. The second kappa shape index (κ2) is 8.29. The normalized spacial score (nSPS) is 17.4. The summed E-state index contributed by atoms with van der Waals surface area (Å²) >= 11 is 0. The van der Waals surface area contributed by atoms with Crippen LogP contribution in [0, 0.1) is 10.1 Å². The molecule has 3 heterocycles. The molecule has 2 aliphatic rings. The molecule has 1 unspecified atom stereocenters. The van der Waals surface area contributed by atoms with E-state index in [0.29, 0.717) is 36.4 Å². The van der Waals surface area contributed by atoms with Gasteiger partial charge in [0.05, 0.1) is 17.3 Å². The van der Waals surface area contributed by atoms with Crippen LogP contribution in [-0.2, 0) is 11.2 Å². The molecule has 0 spiro atoms. The van der Waals surface area contributed by atoms with E-state index in [1.165, 1.54) is 12.1 Å². The maximum Gasteiger partial charge on any atom is 0.269 e. The number of amides is 1. The summed E-state index contributed by atoms with van der Waals surface area (Å²) in [6.07, 6.45) is 1.87. The summed E-state index contributed by atoms with van der Waals surface area (Å²) in [4.78, 5) is 24.9. The topological polar surface area (TPSA) is 121 Å². The van der Waals surface area contributed by atoms with Crippen molar-refractivity contribution < 1.29 is 23.6 Å². The average Bonchev–Trinajstić information content (AvgIpc) is 3.49. The third-order valence-electron chi connectivity index (χ3n) is 5.69. The highest BCUT2D eigenvalue weighted by atomic mass is 16.7. The number of non-ortho nitro benzene ring substituents is 1. The first kappa shape index (κ1) is 20.0. The number of hydrogen-bond donors (Lipinski definition) is 0. The van der Waals surface area contributed by atoms with E-state index < -0.39 is 4.92 Å². The van der Waals surface area contributed by atoms with Crippen molar-refractivity contribution >= 4 is 11.6 Å². The third-order valence-corrected chi connectivity index (χ3v) is 5.69. The van der Waals surface area contributed by atoms with Crippen molar-refractivity contribution in [3.05, 3.63) is 64.0 Å². The molecule has 0 radical (unpaired) electrons. The number of hydrogen-bond acceptors (Lipinski definition) is 8. The number of likely N-dealkylation sites (tertiary alicyclic amines) is 1. The maximum atomic E-state index is 12.8. The van der Waals surface area contributed by atoms with E-state index in [1.54, 1.807) is 29.2 Å². The molecule has 0 bridgehead atoms. The van der Waals surface area contributed by atoms with Crippen LogP contribution < -0.4 is 9.47 Å². The summed E-state index contributed by atoms with van der Waals surface area (Å²) in [5.74, 6) is 2.16. The first-order valence-corrected chi connectivity index (χ1v) is 10.3. The first-order valence-electron chi connectivity index (χ1n) is 10.3. The summed E-state index contributed by atoms with van der Waals surface area (Å²) < 4.78 is 16.7. The minimum Gasteiger partial charge on any atom is -0.454 e. The monoisotopic (exact) mass is 436 g/mol. The van der Waals surface area contributed by atoms with Crippen LogP contribution in [0.3, 0.4) is 0 Å². The lowest BCUT2D eigenvalue weighted by Gasteiger charge is -2.31. The van der Waals surface area contributed by atoms with Gasteiger partial charge in [-0.3, -0.25) is 14.9 Å². The number of piperidine rings is 1. The fraction of sp³-hybridized carbons (Fsp3) is 0.318. The summed E-state index contributed by atoms with van der Waals surface area (Å²) in [7, 11) is 0. The smallest absolute Gasteiger partial charge is 0.269 e. The molecule has 1 aromatic heterocycles. The molecule has 32 heavy (non-hydrogen) atoms. The molecule has 1 fully saturated rings. The Labute approximate surface area is 182 Å². The number of ether oxygens (including phenoxy) is 2. The number of carbonyl (C=O) groups is 1. The van der Waals surface area contributed by atoms with Crippen molar-refractivity contribution in [3.63, 3.8) is 0 Å². The number of nitro benzene ring substituents is 1. The minimum absolute atomic E-state index is 0.00823. The van der Waals surface area contributed by atoms with Crippen LogP contribution in [0.5, 0.6) is 11.5 Å². The Morgan fingerprint density at radius 2 is 1.94 bits per heavy atom. The zero-order chi connectivity index (χ0) is 22.1. The van der Waals surface area contributed by atoms with Crippen molar-refractivity contribution in [2.24, 2.45) is 0 Å². The fourth-order valence-electron chi connectivity index (χ4n) is 3.97. The van der Waals surface area contributed by atoms with Gasteiger partial charge in [-0.1, -0.05) is 12.1 Å². The van der Waals surface area contributed by atoms with Gasteiger partial charge in [0.25, 0.3) is 5.69 Å². The standard InChI is InChI=1S/C22H20N4O6/c27-20(10-14-3-6-17(7-4-14)26(28)29)25-9-1-2-16(12-25)22-24-23-21(32-22)15-5-8-18-19(11-15)31-13-30-18/h3-8,11,16H,1-2,9-10,12-13H2. The van der Waals surface area contributed by atoms with E-state index >= 15 is 0 Å². The second-order valence-electron chi connectivity index (χ2n) is 7.79. The lowest BCUT2D eigenvalue weighted by atomic mass is 9.97. The van der Waals surface area contributed by atoms with Crippen LogP contribution in [0.4, 0.5) is 5.69 Å². The van der Waals surface area contributed by atoms with Gasteiger partial charge in [-0.2, -0.15) is 0 Å². The lowest BCUT2D eigenvalue weighted by molar-refractivity contribution is -0.384. The van der Waals surface area contributed by atoms with Crippen LogP contribution in [0.1, 0.15) is 30.2 Å². The summed E-state index contributed by atoms with van der Waals surface area (Å²) in [5, 5.41) is 19.2. The van der Waals surface area contributed by atoms with Gasteiger partial charge in [0.1, 0.15) is 0 Å². The zero-order valence-corrected chi connectivity index (χ0v) is 17.1. The SMILES string of the molecule is O=C(Cc1ccc([N+](=O)[O-])cc1)N1CCCC(c2nnc(-c3ccc4c(c3)OCO4)o2)C1. The van der Waals surface area contributed by atoms with Crippen molar-refractivity contribution in [2.75, 3.05) is 19.9 Å². The predicted octanol–water partition coefficient (Wildman–Crippen LogP) is 3.32. The molecule has 1 amide bonds. The van der Waals surface area contributed by atoms with E-state index in [4.69, 9.17) is 13.9 Å². The predicted molar refractivity (Wildman–Crippen MR) is 111 cm³/mol. The largest absolute Gasteiger partial charge is 0.454 e. The Morgan fingerprint density at radius 1 is 1.12 bits per heavy atom. The van der Waals surface area contributed by atoms with Crippen molar-refractivity contribution in [1.29, 1.82) is 0 Å². The minimum atomic E-state index is -0.455. The van der Waals surface area contributed by atoms with Gasteiger partial charge in [0.2, 0.25) is 24.5 Å². The molecule has 2 aromatic carbocycles. The summed E-state index contributed by atoms with van der Waals surface area (Å²) in [5.41, 5.74) is 1.49. The van der Waals surface area contributed by atoms with E-state index in [0.717, 1.165) is 24.0 Å². The molecule has 3 aromatic rings. The molecule has 5 rings (SSSR count). The third kappa shape index (κ3) is 3.98. The average molecular weight is 436 g/mol. The Morgan fingerprint density at radius 3 is 2.75 bits per heavy atom. The Kier molecular flexibility index (Phi) is 5.18. The van der Waals surface area contributed by atoms with Crippen LogP contribution in [0.15, 0.2) is 46.9 Å². The number of carbonyl (C=O) groups excluding carboxylic acids is 1. The van der Waals surface area contributed by atoms with Gasteiger partial charge in [-0.15, -0.1) is 10.2 Å². The molecule has 164 valence electrons. The van der Waals surface area contributed by atoms with Crippen LogP contribution >= 0.6 is 0 Å². The number of nitro groups is 1. The van der Waals surface area contributed by atoms with Gasteiger partial charge in [-0.05, 0) is 36.6 Å². The molecule has 1 atom stereocenters. The van der Waals surface area contributed by atoms with E-state index in [1.807, 2.05) is 6.07 Å². The first-order chi connectivity index (χ1) is 15.6. The number of rotatable bonds is 5. The molecule has 10 nitrogen and oxygen atoms in total. The van der Waals surface area contributed by atoms with Gasteiger partial charge in [-0.25, -0.2) is 0 Å². The van der Waals surface area contributed by atoms with Crippen molar-refractivity contribution in [3.8, 4) is 23.0 Å². The van der Waals surface area contributed by atoms with Crippen LogP contribution in [-0.4, -0.2) is 45.8 Å². The van der Waals surface area contributed by atoms with E-state index in [-0.39, 0.29) is 30.7 Å². The molecular formula is C22H20N4O6. The number of aromatic nitrogens is 2. The summed E-state index contributed by atoms with van der Waals surface area (Å²) in [6.45, 7) is 1.35. The van der Waals surface area contributed by atoms with Gasteiger partial charge in [0, 0.05) is 30.8 Å². The van der Waals surface area contributed by atoms with Crippen molar-refractivity contribution in [2.45, 2.75) is 25.2 Å². The lowest BCUT2D eigenvalue weighted by Crippen LogP contribution is -2.40. The van der Waals surface area contributed by atoms with Crippen molar-refractivity contribution in [1.82, 2.24) is 15.1 Å². The molecule has 0 aliphatic carbocycles. The maximum absolute atomic E-state index is 12.8. The quantitative estimate of drug-likeness (QED) is 0.441. The highest BCUT2D eigenvalue weighted by Crippen LogP contribution is 2.36. The van der Waals surface area contributed by atoms with Crippen LogP contribution in [0.25, 0.3) is 11.5 Å². The molecular weight excluding hydrogens is 416 g/mol. The Balaban J connectivity index is 1.25. The second-order valence-corrected chi connectivity index (χ2v) is 7.79. The van der Waals surface area contributed by atoms with E-state index in [9.17, 15) is 14.9 Å². The number of benzene rings is 2. The highest BCUT2D eigenvalue weighted by Gasteiger charge is 2.29. The van der Waals surface area contributed by atoms with Crippen LogP contribution in [0.2, 0.25) is 0 Å². The van der Waals surface area contributed by atoms with Gasteiger partial charge < -0.3 is 18.8 Å². The van der Waals surface area contributed by atoms with Gasteiger partial charge >= 0.3 is 0 Å². The zero-order valence-electron chi connectivity index (χ0n) is 17.1. The Bertz CT molecular complexity index is 1160. The molecule has 2 aliphatic heterocycles. The van der Waals surface area contributed by atoms with Gasteiger partial charge in [0.15, 0.2) is 11.5 Å². The molecule has 0 N–H and O–H groups in total. The summed E-state index contributed by atoms with van der Waals surface area (Å²) in [6, 6.07) is 11.5. The molecule has 1 saturated heterocycles. The highest BCUT2D eigenvalue weighted by molar-refractivity contribution is 5.79. The fourth-order valence-corrected chi connectivity index (χ4v) is 3.97. The molecule has 0 saturated carbocycles. The number of fused-ring (bicyclic) bond motifs is 1.